The zero-order chi connectivity index (χ0) is 17.6. The molecular weight excluding hydrogens is 326 g/mol. The van der Waals surface area contributed by atoms with E-state index in [-0.39, 0.29) is 0 Å². The Labute approximate surface area is 146 Å². The first-order valence-electron chi connectivity index (χ1n) is 7.54. The van der Waals surface area contributed by atoms with E-state index in [1.165, 1.54) is 10.9 Å². The third-order valence-electron chi connectivity index (χ3n) is 2.83. The van der Waals surface area contributed by atoms with Crippen molar-refractivity contribution in [1.29, 1.82) is 0 Å². The molecule has 0 bridgehead atoms. The number of thiocarbonyl (C=S) groups is 1. The van der Waals surface area contributed by atoms with Crippen molar-refractivity contribution in [3.05, 3.63) is 42.7 Å². The van der Waals surface area contributed by atoms with E-state index in [1.54, 1.807) is 18.6 Å². The van der Waals surface area contributed by atoms with Crippen LogP contribution in [0.3, 0.4) is 0 Å². The molecule has 24 heavy (non-hydrogen) atoms. The number of nitrogens with zero attached hydrogens (tertiary/aromatic N) is 3. The Morgan fingerprint density at radius 2 is 2.21 bits per heavy atom. The Morgan fingerprint density at radius 1 is 1.42 bits per heavy atom. The smallest absolute Gasteiger partial charge is 0.419 e. The topological polar surface area (TPSA) is 81.1 Å². The minimum absolute atomic E-state index is 0.442. The Hall–Kier alpha value is -2.48. The summed E-state index contributed by atoms with van der Waals surface area (Å²) in [5, 5.41) is 6.63. The molecule has 8 heteroatoms. The second-order valence-corrected chi connectivity index (χ2v) is 6.53. The highest BCUT2D eigenvalue weighted by Gasteiger charge is 2.17. The van der Waals surface area contributed by atoms with Crippen LogP contribution in [0, 0.1) is 0 Å². The second kappa shape index (κ2) is 7.87. The van der Waals surface area contributed by atoms with Gasteiger partial charge in [0.25, 0.3) is 0 Å². The fourth-order valence-electron chi connectivity index (χ4n) is 1.82. The maximum atomic E-state index is 11.9. The number of ether oxygens (including phenoxy) is 1. The van der Waals surface area contributed by atoms with Gasteiger partial charge >= 0.3 is 6.09 Å². The number of hydrogen-bond acceptors (Lipinski definition) is 5. The van der Waals surface area contributed by atoms with Crippen molar-refractivity contribution < 1.29 is 9.53 Å². The highest BCUT2D eigenvalue weighted by Crippen LogP contribution is 2.09. The van der Waals surface area contributed by atoms with Crippen LogP contribution in [0.25, 0.3) is 0 Å². The van der Waals surface area contributed by atoms with Crippen molar-refractivity contribution >= 4 is 29.1 Å². The maximum Gasteiger partial charge on any atom is 0.419 e. The third-order valence-corrected chi connectivity index (χ3v) is 3.07. The summed E-state index contributed by atoms with van der Waals surface area (Å²) < 4.78 is 6.62. The van der Waals surface area contributed by atoms with Gasteiger partial charge in [-0.1, -0.05) is 0 Å². The molecule has 0 aromatic carbocycles. The standard InChI is InChI=1S/C16H21N5O2S/c1-16(2,3)23-15(22)21-10-13(19-11-21)6-8-18-14(24)20-12-5-4-7-17-9-12/h4-5,7,9-11H,6,8H2,1-3H3,(H2,18,20,24). The summed E-state index contributed by atoms with van der Waals surface area (Å²) in [6.07, 6.45) is 6.69. The Balaban J connectivity index is 1.77. The molecule has 0 unspecified atom stereocenters. The second-order valence-electron chi connectivity index (χ2n) is 6.13. The molecule has 0 fully saturated rings. The van der Waals surface area contributed by atoms with Crippen molar-refractivity contribution in [2.45, 2.75) is 32.8 Å². The van der Waals surface area contributed by atoms with E-state index < -0.39 is 11.7 Å². The molecule has 0 saturated heterocycles. The molecule has 2 rings (SSSR count). The molecule has 0 spiro atoms. The van der Waals surface area contributed by atoms with E-state index in [2.05, 4.69) is 20.6 Å². The summed E-state index contributed by atoms with van der Waals surface area (Å²) in [5.41, 5.74) is 1.06. The van der Waals surface area contributed by atoms with Gasteiger partial charge in [-0.25, -0.2) is 14.3 Å². The number of imidazole rings is 1. The van der Waals surface area contributed by atoms with Crippen LogP contribution in [0.4, 0.5) is 10.5 Å². The average molecular weight is 347 g/mol. The molecule has 7 nitrogen and oxygen atoms in total. The van der Waals surface area contributed by atoms with Gasteiger partial charge in [0.15, 0.2) is 5.11 Å². The number of anilines is 1. The Morgan fingerprint density at radius 3 is 2.88 bits per heavy atom. The van der Waals surface area contributed by atoms with Gasteiger partial charge in [0, 0.05) is 25.4 Å². The molecule has 0 aliphatic rings. The van der Waals surface area contributed by atoms with Crippen molar-refractivity contribution in [1.82, 2.24) is 19.9 Å². The molecule has 0 atom stereocenters. The lowest BCUT2D eigenvalue weighted by Crippen LogP contribution is -2.30. The van der Waals surface area contributed by atoms with Crippen LogP contribution < -0.4 is 10.6 Å². The lowest BCUT2D eigenvalue weighted by molar-refractivity contribution is 0.0536. The largest absolute Gasteiger partial charge is 0.443 e. The SMILES string of the molecule is CC(C)(C)OC(=O)n1cnc(CCNC(=S)Nc2cccnc2)c1. The molecule has 0 amide bonds. The van der Waals surface area contributed by atoms with Crippen molar-refractivity contribution in [2.75, 3.05) is 11.9 Å². The van der Waals surface area contributed by atoms with E-state index in [4.69, 9.17) is 17.0 Å². The lowest BCUT2D eigenvalue weighted by Gasteiger charge is -2.19. The molecule has 2 heterocycles. The fraction of sp³-hybridized carbons (Fsp3) is 0.375. The molecule has 0 aliphatic heterocycles. The quantitative estimate of drug-likeness (QED) is 0.823. The van der Waals surface area contributed by atoms with Gasteiger partial charge in [0.05, 0.1) is 17.6 Å². The van der Waals surface area contributed by atoms with Crippen LogP contribution in [0.5, 0.6) is 0 Å². The van der Waals surface area contributed by atoms with E-state index in [0.717, 1.165) is 11.4 Å². The predicted molar refractivity (Wildman–Crippen MR) is 96.0 cm³/mol. The van der Waals surface area contributed by atoms with Crippen LogP contribution in [0.15, 0.2) is 37.1 Å². The van der Waals surface area contributed by atoms with Crippen LogP contribution in [-0.4, -0.2) is 37.9 Å². The first-order chi connectivity index (χ1) is 11.3. The summed E-state index contributed by atoms with van der Waals surface area (Å²) in [7, 11) is 0. The molecular formula is C16H21N5O2S. The van der Waals surface area contributed by atoms with Gasteiger partial charge in [-0.05, 0) is 45.1 Å². The van der Waals surface area contributed by atoms with Crippen molar-refractivity contribution in [3.63, 3.8) is 0 Å². The van der Waals surface area contributed by atoms with Gasteiger partial charge in [-0.15, -0.1) is 0 Å². The molecule has 2 aromatic heterocycles. The first kappa shape index (κ1) is 17.9. The molecule has 2 N–H and O–H groups in total. The van der Waals surface area contributed by atoms with E-state index in [1.807, 2.05) is 32.9 Å². The number of aromatic nitrogens is 3. The highest BCUT2D eigenvalue weighted by molar-refractivity contribution is 7.80. The van der Waals surface area contributed by atoms with Gasteiger partial charge < -0.3 is 15.4 Å². The van der Waals surface area contributed by atoms with Crippen molar-refractivity contribution in [2.24, 2.45) is 0 Å². The zero-order valence-electron chi connectivity index (χ0n) is 13.9. The minimum atomic E-state index is -0.534. The predicted octanol–water partition coefficient (Wildman–Crippen LogP) is 2.59. The van der Waals surface area contributed by atoms with Gasteiger partial charge in [-0.3, -0.25) is 4.98 Å². The van der Waals surface area contributed by atoms with Crippen LogP contribution in [-0.2, 0) is 11.2 Å². The highest BCUT2D eigenvalue weighted by atomic mass is 32.1. The minimum Gasteiger partial charge on any atom is -0.443 e. The zero-order valence-corrected chi connectivity index (χ0v) is 14.8. The molecule has 0 saturated carbocycles. The van der Waals surface area contributed by atoms with E-state index in [0.29, 0.717) is 18.1 Å². The summed E-state index contributed by atoms with van der Waals surface area (Å²) in [5.74, 6) is 0. The van der Waals surface area contributed by atoms with Crippen LogP contribution in [0.1, 0.15) is 26.5 Å². The summed E-state index contributed by atoms with van der Waals surface area (Å²) in [6, 6.07) is 3.71. The molecule has 128 valence electrons. The number of nitrogens with one attached hydrogen (secondary N) is 2. The monoisotopic (exact) mass is 347 g/mol. The van der Waals surface area contributed by atoms with Gasteiger partial charge in [0.2, 0.25) is 0 Å². The maximum absolute atomic E-state index is 11.9. The molecule has 2 aromatic rings. The first-order valence-corrected chi connectivity index (χ1v) is 7.95. The molecule has 0 aliphatic carbocycles. The average Bonchev–Trinajstić information content (AvgIpc) is 2.95. The van der Waals surface area contributed by atoms with E-state index in [9.17, 15) is 4.79 Å². The van der Waals surface area contributed by atoms with Crippen LogP contribution >= 0.6 is 12.2 Å². The number of rotatable bonds is 4. The lowest BCUT2D eigenvalue weighted by atomic mass is 10.2. The van der Waals surface area contributed by atoms with Gasteiger partial charge in [-0.2, -0.15) is 0 Å². The summed E-state index contributed by atoms with van der Waals surface area (Å²) in [4.78, 5) is 20.1. The summed E-state index contributed by atoms with van der Waals surface area (Å²) in [6.45, 7) is 6.06. The number of hydrogen-bond donors (Lipinski definition) is 2. The van der Waals surface area contributed by atoms with E-state index >= 15 is 0 Å². The van der Waals surface area contributed by atoms with Crippen LogP contribution in [0.2, 0.25) is 0 Å². The number of carbonyl (C=O) groups excluding carboxylic acids is 1. The number of pyridine rings is 1. The summed E-state index contributed by atoms with van der Waals surface area (Å²) >= 11 is 5.21. The third kappa shape index (κ3) is 5.96. The fourth-order valence-corrected chi connectivity index (χ4v) is 2.04. The normalized spacial score (nSPS) is 11.0. The Kier molecular flexibility index (Phi) is 5.86. The van der Waals surface area contributed by atoms with Gasteiger partial charge in [0.1, 0.15) is 11.9 Å². The number of carbonyl (C=O) groups is 1. The van der Waals surface area contributed by atoms with Crippen molar-refractivity contribution in [3.8, 4) is 0 Å². The Bertz CT molecular complexity index is 694. The molecule has 0 radical (unpaired) electrons.